The lowest BCUT2D eigenvalue weighted by atomic mass is 10.1. The van der Waals surface area contributed by atoms with Gasteiger partial charge in [-0.25, -0.2) is 0 Å². The molecule has 28 heavy (non-hydrogen) atoms. The van der Waals surface area contributed by atoms with Crippen LogP contribution in [0.25, 0.3) is 10.9 Å². The van der Waals surface area contributed by atoms with Crippen molar-refractivity contribution in [3.05, 3.63) is 72.4 Å². The molecule has 0 aliphatic heterocycles. The molecular formula is C23H26N2O3. The number of carbonyl (C=O) groups is 1. The molecule has 5 nitrogen and oxygen atoms in total. The Balaban J connectivity index is 1.85. The van der Waals surface area contributed by atoms with E-state index in [2.05, 4.69) is 11.9 Å². The van der Waals surface area contributed by atoms with Crippen LogP contribution in [0.15, 0.2) is 61.3 Å². The summed E-state index contributed by atoms with van der Waals surface area (Å²) in [6.45, 7) is 8.90. The Morgan fingerprint density at radius 1 is 1.25 bits per heavy atom. The zero-order valence-corrected chi connectivity index (χ0v) is 16.6. The SMILES string of the molecule is C=CCn1cc(C(=O)N[C@@H](C)c2ccc(OCC)c(OC)c2)c2ccccc21. The number of fused-ring (bicyclic) bond motifs is 1. The first-order chi connectivity index (χ1) is 13.6. The van der Waals surface area contributed by atoms with Gasteiger partial charge in [-0.15, -0.1) is 6.58 Å². The molecule has 0 unspecified atom stereocenters. The zero-order valence-electron chi connectivity index (χ0n) is 16.6. The number of nitrogens with one attached hydrogen (secondary N) is 1. The quantitative estimate of drug-likeness (QED) is 0.577. The van der Waals surface area contributed by atoms with Crippen LogP contribution in [-0.2, 0) is 6.54 Å². The molecule has 5 heteroatoms. The van der Waals surface area contributed by atoms with E-state index in [4.69, 9.17) is 9.47 Å². The molecular weight excluding hydrogens is 352 g/mol. The fourth-order valence-corrected chi connectivity index (χ4v) is 3.30. The van der Waals surface area contributed by atoms with Gasteiger partial charge in [-0.05, 0) is 37.6 Å². The Kier molecular flexibility index (Phi) is 6.04. The number of amides is 1. The molecule has 3 aromatic rings. The molecule has 1 amide bonds. The Bertz CT molecular complexity index is 991. The van der Waals surface area contributed by atoms with Crippen molar-refractivity contribution in [1.82, 2.24) is 9.88 Å². The van der Waals surface area contributed by atoms with E-state index in [9.17, 15) is 4.79 Å². The van der Waals surface area contributed by atoms with Gasteiger partial charge in [0.15, 0.2) is 11.5 Å². The summed E-state index contributed by atoms with van der Waals surface area (Å²) in [6, 6.07) is 13.4. The number of methoxy groups -OCH3 is 1. The second kappa shape index (κ2) is 8.65. The van der Waals surface area contributed by atoms with E-state index < -0.39 is 0 Å². The van der Waals surface area contributed by atoms with E-state index in [1.54, 1.807) is 7.11 Å². The van der Waals surface area contributed by atoms with E-state index in [1.165, 1.54) is 0 Å². The number of nitrogens with zero attached hydrogens (tertiary/aromatic N) is 1. The van der Waals surface area contributed by atoms with Crippen molar-refractivity contribution < 1.29 is 14.3 Å². The highest BCUT2D eigenvalue weighted by Crippen LogP contribution is 2.30. The number of benzene rings is 2. The van der Waals surface area contributed by atoms with Crippen LogP contribution in [0.2, 0.25) is 0 Å². The van der Waals surface area contributed by atoms with Gasteiger partial charge in [0, 0.05) is 23.6 Å². The van der Waals surface area contributed by atoms with Crippen LogP contribution in [0.4, 0.5) is 0 Å². The lowest BCUT2D eigenvalue weighted by Crippen LogP contribution is -2.26. The van der Waals surface area contributed by atoms with Gasteiger partial charge in [0.1, 0.15) is 0 Å². The lowest BCUT2D eigenvalue weighted by Gasteiger charge is -2.17. The first-order valence-corrected chi connectivity index (χ1v) is 9.39. The lowest BCUT2D eigenvalue weighted by molar-refractivity contribution is 0.0941. The average Bonchev–Trinajstić information content (AvgIpc) is 3.07. The molecule has 1 heterocycles. The Morgan fingerprint density at radius 2 is 2.04 bits per heavy atom. The summed E-state index contributed by atoms with van der Waals surface area (Å²) in [5.74, 6) is 1.24. The summed E-state index contributed by atoms with van der Waals surface area (Å²) >= 11 is 0. The number of rotatable bonds is 8. The molecule has 1 atom stereocenters. The van der Waals surface area contributed by atoms with Crippen molar-refractivity contribution in [2.45, 2.75) is 26.4 Å². The Hall–Kier alpha value is -3.21. The summed E-state index contributed by atoms with van der Waals surface area (Å²) in [7, 11) is 1.61. The summed E-state index contributed by atoms with van der Waals surface area (Å²) in [5, 5.41) is 4.02. The third-order valence-corrected chi connectivity index (χ3v) is 4.69. The third-order valence-electron chi connectivity index (χ3n) is 4.69. The van der Waals surface area contributed by atoms with Crippen molar-refractivity contribution in [2.24, 2.45) is 0 Å². The molecule has 1 aromatic heterocycles. The molecule has 2 aromatic carbocycles. The molecule has 0 saturated heterocycles. The standard InChI is InChI=1S/C23H26N2O3/c1-5-13-25-15-19(18-9-7-8-10-20(18)25)23(26)24-16(3)17-11-12-21(28-6-2)22(14-17)27-4/h5,7-12,14-16H,1,6,13H2,2-4H3,(H,24,26)/t16-/m0/s1. The molecule has 0 aliphatic rings. The van der Waals surface area contributed by atoms with Gasteiger partial charge in [0.25, 0.3) is 5.91 Å². The molecule has 0 aliphatic carbocycles. The van der Waals surface area contributed by atoms with E-state index in [0.717, 1.165) is 16.5 Å². The number of hydrogen-bond acceptors (Lipinski definition) is 3. The molecule has 0 fully saturated rings. The van der Waals surface area contributed by atoms with Crippen LogP contribution in [0.1, 0.15) is 35.8 Å². The second-order valence-corrected chi connectivity index (χ2v) is 6.54. The van der Waals surface area contributed by atoms with E-state index >= 15 is 0 Å². The minimum Gasteiger partial charge on any atom is -0.493 e. The number of aromatic nitrogens is 1. The topological polar surface area (TPSA) is 52.5 Å². The van der Waals surface area contributed by atoms with Gasteiger partial charge >= 0.3 is 0 Å². The normalized spacial score (nSPS) is 11.8. The van der Waals surface area contributed by atoms with Crippen molar-refractivity contribution in [2.75, 3.05) is 13.7 Å². The van der Waals surface area contributed by atoms with Crippen LogP contribution < -0.4 is 14.8 Å². The van der Waals surface area contributed by atoms with Crippen LogP contribution in [-0.4, -0.2) is 24.2 Å². The number of hydrogen-bond donors (Lipinski definition) is 1. The fraction of sp³-hybridized carbons (Fsp3) is 0.261. The first-order valence-electron chi connectivity index (χ1n) is 9.39. The molecule has 0 radical (unpaired) electrons. The van der Waals surface area contributed by atoms with E-state index in [0.29, 0.717) is 30.2 Å². The fourth-order valence-electron chi connectivity index (χ4n) is 3.30. The minimum atomic E-state index is -0.182. The molecule has 1 N–H and O–H groups in total. The van der Waals surface area contributed by atoms with Crippen LogP contribution in [0.5, 0.6) is 11.5 Å². The largest absolute Gasteiger partial charge is 0.493 e. The highest BCUT2D eigenvalue weighted by Gasteiger charge is 2.18. The maximum Gasteiger partial charge on any atom is 0.253 e. The Morgan fingerprint density at radius 3 is 2.75 bits per heavy atom. The number of allylic oxidation sites excluding steroid dienone is 1. The van der Waals surface area contributed by atoms with Gasteiger partial charge in [-0.3, -0.25) is 4.79 Å². The van der Waals surface area contributed by atoms with Crippen molar-refractivity contribution in [1.29, 1.82) is 0 Å². The van der Waals surface area contributed by atoms with Gasteiger partial charge in [0.2, 0.25) is 0 Å². The molecule has 0 spiro atoms. The summed E-state index contributed by atoms with van der Waals surface area (Å²) < 4.78 is 13.0. The number of ether oxygens (including phenoxy) is 2. The zero-order chi connectivity index (χ0) is 20.1. The summed E-state index contributed by atoms with van der Waals surface area (Å²) in [5.41, 5.74) is 2.62. The van der Waals surface area contributed by atoms with Gasteiger partial charge in [-0.2, -0.15) is 0 Å². The first kappa shape index (κ1) is 19.5. The van der Waals surface area contributed by atoms with Crippen LogP contribution in [0, 0.1) is 0 Å². The maximum atomic E-state index is 13.0. The van der Waals surface area contributed by atoms with Gasteiger partial charge < -0.3 is 19.4 Å². The predicted octanol–water partition coefficient (Wildman–Crippen LogP) is 4.73. The van der Waals surface area contributed by atoms with E-state index in [1.807, 2.05) is 73.2 Å². The van der Waals surface area contributed by atoms with E-state index in [-0.39, 0.29) is 11.9 Å². The third kappa shape index (κ3) is 3.88. The van der Waals surface area contributed by atoms with Gasteiger partial charge in [0.05, 0.1) is 25.3 Å². The van der Waals surface area contributed by atoms with Gasteiger partial charge in [-0.1, -0.05) is 30.3 Å². The number of para-hydroxylation sites is 1. The van der Waals surface area contributed by atoms with Crippen LogP contribution in [0.3, 0.4) is 0 Å². The number of carbonyl (C=O) groups excluding carboxylic acids is 1. The smallest absolute Gasteiger partial charge is 0.253 e. The molecule has 0 saturated carbocycles. The molecule has 146 valence electrons. The van der Waals surface area contributed by atoms with Crippen molar-refractivity contribution in [3.63, 3.8) is 0 Å². The monoisotopic (exact) mass is 378 g/mol. The predicted molar refractivity (Wildman–Crippen MR) is 112 cm³/mol. The minimum absolute atomic E-state index is 0.112. The van der Waals surface area contributed by atoms with Crippen molar-refractivity contribution in [3.8, 4) is 11.5 Å². The highest BCUT2D eigenvalue weighted by molar-refractivity contribution is 6.07. The summed E-state index contributed by atoms with van der Waals surface area (Å²) in [6.07, 6.45) is 3.70. The molecule has 3 rings (SSSR count). The Labute approximate surface area is 165 Å². The van der Waals surface area contributed by atoms with Crippen molar-refractivity contribution >= 4 is 16.8 Å². The average molecular weight is 378 g/mol. The summed E-state index contributed by atoms with van der Waals surface area (Å²) in [4.78, 5) is 13.0. The maximum absolute atomic E-state index is 13.0. The highest BCUT2D eigenvalue weighted by atomic mass is 16.5. The van der Waals surface area contributed by atoms with Crippen LogP contribution >= 0.6 is 0 Å². The molecule has 0 bridgehead atoms. The second-order valence-electron chi connectivity index (χ2n) is 6.54.